The molecular weight excluding hydrogens is 320 g/mol. The molecule has 25 heavy (non-hydrogen) atoms. The maximum Gasteiger partial charge on any atom is 0.327 e. The third-order valence-corrected chi connectivity index (χ3v) is 5.68. The van der Waals surface area contributed by atoms with Gasteiger partial charge in [0.2, 0.25) is 11.8 Å². The molecule has 1 aliphatic carbocycles. The summed E-state index contributed by atoms with van der Waals surface area (Å²) < 4.78 is 0. The van der Waals surface area contributed by atoms with Gasteiger partial charge in [-0.3, -0.25) is 14.5 Å². The van der Waals surface area contributed by atoms with Crippen LogP contribution >= 0.6 is 0 Å². The van der Waals surface area contributed by atoms with E-state index in [1.54, 1.807) is 6.20 Å². The second kappa shape index (κ2) is 5.72. The fourth-order valence-corrected chi connectivity index (χ4v) is 4.37. The van der Waals surface area contributed by atoms with Crippen LogP contribution < -0.4 is 0 Å². The first-order valence-corrected chi connectivity index (χ1v) is 8.66. The van der Waals surface area contributed by atoms with Crippen molar-refractivity contribution >= 4 is 28.7 Å². The number of aliphatic carboxylic acids is 1. The molecule has 0 unspecified atom stereocenters. The minimum absolute atomic E-state index is 0.118. The molecule has 0 radical (unpaired) electrons. The molecule has 0 bridgehead atoms. The molecule has 1 aromatic heterocycles. The number of carboxylic acids is 1. The normalized spacial score (nSPS) is 20.7. The predicted octanol–water partition coefficient (Wildman–Crippen LogP) is 2.48. The summed E-state index contributed by atoms with van der Waals surface area (Å²) >= 11 is 0. The van der Waals surface area contributed by atoms with Crippen molar-refractivity contribution in [3.05, 3.63) is 36.0 Å². The standard InChI is InChI=1S/C19H20N2O4/c22-16-10-19(7-3-4-8-19)18(25)21(16)15(17(23)24)9-12-11-20-14-6-2-1-5-13(12)14/h1-2,5-6,11,15,20H,3-4,7-10H2,(H,23,24)/t15-/m0/s1. The van der Waals surface area contributed by atoms with Crippen molar-refractivity contribution in [2.24, 2.45) is 5.41 Å². The number of carbonyl (C=O) groups excluding carboxylic acids is 2. The van der Waals surface area contributed by atoms with Gasteiger partial charge >= 0.3 is 5.97 Å². The van der Waals surface area contributed by atoms with Gasteiger partial charge in [0.15, 0.2) is 0 Å². The first-order valence-electron chi connectivity index (χ1n) is 8.66. The molecule has 1 saturated heterocycles. The molecule has 1 atom stereocenters. The first-order chi connectivity index (χ1) is 12.0. The lowest BCUT2D eigenvalue weighted by atomic mass is 9.84. The van der Waals surface area contributed by atoms with Gasteiger partial charge in [0.1, 0.15) is 6.04 Å². The third kappa shape index (κ3) is 2.44. The second-order valence-corrected chi connectivity index (χ2v) is 7.15. The molecule has 6 nitrogen and oxygen atoms in total. The molecule has 1 aromatic carbocycles. The van der Waals surface area contributed by atoms with Crippen molar-refractivity contribution in [1.82, 2.24) is 9.88 Å². The highest BCUT2D eigenvalue weighted by Crippen LogP contribution is 2.47. The lowest BCUT2D eigenvalue weighted by molar-refractivity contribution is -0.155. The number of imide groups is 1. The Morgan fingerprint density at radius 3 is 2.68 bits per heavy atom. The highest BCUT2D eigenvalue weighted by atomic mass is 16.4. The number of carbonyl (C=O) groups is 3. The molecule has 4 rings (SSSR count). The van der Waals surface area contributed by atoms with Crippen LogP contribution in [-0.4, -0.2) is 38.8 Å². The molecule has 2 aliphatic rings. The highest BCUT2D eigenvalue weighted by Gasteiger charge is 2.55. The maximum atomic E-state index is 12.9. The van der Waals surface area contributed by atoms with E-state index in [2.05, 4.69) is 4.98 Å². The van der Waals surface area contributed by atoms with E-state index in [0.29, 0.717) is 12.8 Å². The van der Waals surface area contributed by atoms with Crippen LogP contribution in [0.5, 0.6) is 0 Å². The van der Waals surface area contributed by atoms with E-state index in [4.69, 9.17) is 0 Å². The van der Waals surface area contributed by atoms with Crippen LogP contribution in [0, 0.1) is 5.41 Å². The molecule has 1 spiro atoms. The molecule has 2 N–H and O–H groups in total. The number of benzene rings is 1. The Hall–Kier alpha value is -2.63. The van der Waals surface area contributed by atoms with E-state index in [-0.39, 0.29) is 24.7 Å². The number of likely N-dealkylation sites (tertiary alicyclic amines) is 1. The van der Waals surface area contributed by atoms with Crippen LogP contribution in [0.25, 0.3) is 10.9 Å². The van der Waals surface area contributed by atoms with E-state index in [0.717, 1.165) is 34.2 Å². The number of rotatable bonds is 4. The average molecular weight is 340 g/mol. The van der Waals surface area contributed by atoms with Crippen molar-refractivity contribution in [2.45, 2.75) is 44.6 Å². The summed E-state index contributed by atoms with van der Waals surface area (Å²) in [4.78, 5) is 41.5. The monoisotopic (exact) mass is 340 g/mol. The van der Waals surface area contributed by atoms with Crippen molar-refractivity contribution in [3.8, 4) is 0 Å². The number of carboxylic acid groups (broad SMARTS) is 1. The zero-order valence-corrected chi connectivity index (χ0v) is 13.8. The molecular formula is C19H20N2O4. The Bertz CT molecular complexity index is 863. The van der Waals surface area contributed by atoms with Gasteiger partial charge in [-0.2, -0.15) is 0 Å². The summed E-state index contributed by atoms with van der Waals surface area (Å²) in [5, 5.41) is 10.6. The van der Waals surface area contributed by atoms with Gasteiger partial charge < -0.3 is 10.1 Å². The molecule has 2 fully saturated rings. The fourth-order valence-electron chi connectivity index (χ4n) is 4.37. The summed E-state index contributed by atoms with van der Waals surface area (Å²) in [6.07, 6.45) is 5.26. The van der Waals surface area contributed by atoms with Gasteiger partial charge in [-0.15, -0.1) is 0 Å². The molecule has 1 saturated carbocycles. The average Bonchev–Trinajstić information content (AvgIpc) is 3.27. The Balaban J connectivity index is 1.67. The number of hydrogen-bond acceptors (Lipinski definition) is 3. The number of nitrogens with zero attached hydrogens (tertiary/aromatic N) is 1. The lowest BCUT2D eigenvalue weighted by Gasteiger charge is -2.25. The van der Waals surface area contributed by atoms with Gasteiger partial charge in [0, 0.05) is 29.9 Å². The van der Waals surface area contributed by atoms with Crippen molar-refractivity contribution in [3.63, 3.8) is 0 Å². The maximum absolute atomic E-state index is 12.9. The minimum atomic E-state index is -1.15. The zero-order valence-electron chi connectivity index (χ0n) is 13.8. The Kier molecular flexibility index (Phi) is 3.63. The summed E-state index contributed by atoms with van der Waals surface area (Å²) in [6, 6.07) is 6.45. The van der Waals surface area contributed by atoms with Gasteiger partial charge in [-0.1, -0.05) is 31.0 Å². The number of nitrogens with one attached hydrogen (secondary N) is 1. The number of para-hydroxylation sites is 1. The number of hydrogen-bond donors (Lipinski definition) is 2. The van der Waals surface area contributed by atoms with Crippen LogP contribution in [0.15, 0.2) is 30.5 Å². The number of aromatic nitrogens is 1. The topological polar surface area (TPSA) is 90.5 Å². The van der Waals surface area contributed by atoms with Crippen molar-refractivity contribution in [1.29, 1.82) is 0 Å². The van der Waals surface area contributed by atoms with Gasteiger partial charge in [0.05, 0.1) is 5.41 Å². The van der Waals surface area contributed by atoms with Crippen LogP contribution in [0.4, 0.5) is 0 Å². The molecule has 2 amide bonds. The fraction of sp³-hybridized carbons (Fsp3) is 0.421. The van der Waals surface area contributed by atoms with Crippen LogP contribution in [-0.2, 0) is 20.8 Å². The number of H-pyrrole nitrogens is 1. The number of fused-ring (bicyclic) bond motifs is 1. The molecule has 2 aromatic rings. The predicted molar refractivity (Wildman–Crippen MR) is 90.8 cm³/mol. The molecule has 6 heteroatoms. The largest absolute Gasteiger partial charge is 0.480 e. The number of aromatic amines is 1. The summed E-state index contributed by atoms with van der Waals surface area (Å²) in [7, 11) is 0. The highest BCUT2D eigenvalue weighted by molar-refractivity contribution is 6.08. The molecule has 2 heterocycles. The number of amides is 2. The molecule has 1 aliphatic heterocycles. The van der Waals surface area contributed by atoms with Gasteiger partial charge in [-0.05, 0) is 24.5 Å². The van der Waals surface area contributed by atoms with Gasteiger partial charge in [0.25, 0.3) is 0 Å². The smallest absolute Gasteiger partial charge is 0.327 e. The SMILES string of the molecule is O=C(O)[C@H](Cc1c[nH]c2ccccc12)N1C(=O)CC2(CCCC2)C1=O. The van der Waals surface area contributed by atoms with Crippen molar-refractivity contribution in [2.75, 3.05) is 0 Å². The summed E-state index contributed by atoms with van der Waals surface area (Å²) in [5.74, 6) is -1.77. The van der Waals surface area contributed by atoms with Crippen LogP contribution in [0.2, 0.25) is 0 Å². The Morgan fingerprint density at radius 1 is 1.24 bits per heavy atom. The van der Waals surface area contributed by atoms with Gasteiger partial charge in [-0.25, -0.2) is 4.79 Å². The summed E-state index contributed by atoms with van der Waals surface area (Å²) in [6.45, 7) is 0. The second-order valence-electron chi connectivity index (χ2n) is 7.15. The lowest BCUT2D eigenvalue weighted by Crippen LogP contribution is -2.47. The summed E-state index contributed by atoms with van der Waals surface area (Å²) in [5.41, 5.74) is 1.06. The van der Waals surface area contributed by atoms with Crippen LogP contribution in [0.1, 0.15) is 37.7 Å². The van der Waals surface area contributed by atoms with Crippen LogP contribution in [0.3, 0.4) is 0 Å². The quantitative estimate of drug-likeness (QED) is 0.837. The first kappa shape index (κ1) is 15.9. The van der Waals surface area contributed by atoms with E-state index >= 15 is 0 Å². The zero-order chi connectivity index (χ0) is 17.6. The van der Waals surface area contributed by atoms with E-state index in [1.165, 1.54) is 0 Å². The van der Waals surface area contributed by atoms with Crippen molar-refractivity contribution < 1.29 is 19.5 Å². The Morgan fingerprint density at radius 2 is 1.96 bits per heavy atom. The molecule has 130 valence electrons. The Labute approximate surface area is 144 Å². The van der Waals surface area contributed by atoms with E-state index in [9.17, 15) is 19.5 Å². The van der Waals surface area contributed by atoms with E-state index in [1.807, 2.05) is 24.3 Å². The van der Waals surface area contributed by atoms with E-state index < -0.39 is 17.4 Å². The third-order valence-electron chi connectivity index (χ3n) is 5.68. The minimum Gasteiger partial charge on any atom is -0.480 e.